The van der Waals surface area contributed by atoms with E-state index in [1.54, 1.807) is 0 Å². The number of hydrogen-bond donors (Lipinski definition) is 1. The van der Waals surface area contributed by atoms with E-state index < -0.39 is 33.4 Å². The highest BCUT2D eigenvalue weighted by Gasteiger charge is 2.33. The Bertz CT molecular complexity index is 1200. The van der Waals surface area contributed by atoms with E-state index in [1.165, 1.54) is 18.5 Å². The summed E-state index contributed by atoms with van der Waals surface area (Å²) in [6.45, 7) is 1.46. The molecule has 0 radical (unpaired) electrons. The maximum atomic E-state index is 12.9. The summed E-state index contributed by atoms with van der Waals surface area (Å²) in [7, 11) is -0.863. The number of nitrogens with zero attached hydrogens (tertiary/aromatic N) is 4. The summed E-state index contributed by atoms with van der Waals surface area (Å²) in [5.74, 6) is -1.61. The van der Waals surface area contributed by atoms with E-state index in [0.29, 0.717) is 0 Å². The SMILES string of the molecule is CCS(=O)(=O)Cc1[nH]c(C(=O)OC)nc1-c1nc2cc(C(F)(F)F)ncc2n1C. The van der Waals surface area contributed by atoms with Crippen molar-refractivity contribution in [3.63, 3.8) is 0 Å². The van der Waals surface area contributed by atoms with Crippen LogP contribution in [0.5, 0.6) is 0 Å². The van der Waals surface area contributed by atoms with Crippen LogP contribution < -0.4 is 0 Å². The van der Waals surface area contributed by atoms with Crippen LogP contribution in [0.1, 0.15) is 28.9 Å². The third-order valence-corrected chi connectivity index (χ3v) is 5.84. The van der Waals surface area contributed by atoms with Gasteiger partial charge in [0.2, 0.25) is 5.82 Å². The monoisotopic (exact) mass is 431 g/mol. The first kappa shape index (κ1) is 20.8. The van der Waals surface area contributed by atoms with Crippen molar-refractivity contribution in [1.29, 1.82) is 0 Å². The standard InChI is InChI=1S/C16H16F3N5O4S/c1-4-29(26,27)7-9-12(23-13(21-9)15(25)28-3)14-22-8-5-11(16(17,18)19)20-6-10(8)24(14)2/h5-6H,4,7H2,1-3H3,(H,21,23). The Labute approximate surface area is 162 Å². The van der Waals surface area contributed by atoms with Crippen molar-refractivity contribution in [2.75, 3.05) is 12.9 Å². The zero-order valence-corrected chi connectivity index (χ0v) is 16.3. The average molecular weight is 431 g/mol. The fourth-order valence-corrected chi connectivity index (χ4v) is 3.52. The van der Waals surface area contributed by atoms with Crippen LogP contribution in [0.4, 0.5) is 13.2 Å². The van der Waals surface area contributed by atoms with Gasteiger partial charge in [-0.1, -0.05) is 6.92 Å². The number of methoxy groups -OCH3 is 1. The first-order valence-electron chi connectivity index (χ1n) is 8.24. The van der Waals surface area contributed by atoms with Crippen molar-refractivity contribution >= 4 is 26.8 Å². The first-order chi connectivity index (χ1) is 13.5. The molecule has 0 bridgehead atoms. The van der Waals surface area contributed by atoms with E-state index in [9.17, 15) is 26.4 Å². The van der Waals surface area contributed by atoms with Gasteiger partial charge >= 0.3 is 12.1 Å². The van der Waals surface area contributed by atoms with Gasteiger partial charge in [-0.05, 0) is 6.07 Å². The minimum atomic E-state index is -4.64. The van der Waals surface area contributed by atoms with Gasteiger partial charge in [0.15, 0.2) is 15.7 Å². The highest BCUT2D eigenvalue weighted by molar-refractivity contribution is 7.90. The fraction of sp³-hybridized carbons (Fsp3) is 0.375. The molecule has 0 aromatic carbocycles. The van der Waals surface area contributed by atoms with Crippen LogP contribution in [0.2, 0.25) is 0 Å². The highest BCUT2D eigenvalue weighted by Crippen LogP contribution is 2.31. The Balaban J connectivity index is 2.20. The number of sulfone groups is 1. The molecule has 0 aliphatic heterocycles. The van der Waals surface area contributed by atoms with Gasteiger partial charge in [-0.2, -0.15) is 13.2 Å². The topological polar surface area (TPSA) is 120 Å². The Morgan fingerprint density at radius 2 is 2.00 bits per heavy atom. The van der Waals surface area contributed by atoms with Crippen LogP contribution >= 0.6 is 0 Å². The van der Waals surface area contributed by atoms with Gasteiger partial charge in [0, 0.05) is 12.8 Å². The Morgan fingerprint density at radius 1 is 1.31 bits per heavy atom. The Morgan fingerprint density at radius 3 is 2.59 bits per heavy atom. The molecular weight excluding hydrogens is 415 g/mol. The lowest BCUT2D eigenvalue weighted by molar-refractivity contribution is -0.141. The summed E-state index contributed by atoms with van der Waals surface area (Å²) < 4.78 is 69.0. The second kappa shape index (κ2) is 7.13. The number of aryl methyl sites for hydroxylation is 1. The summed E-state index contributed by atoms with van der Waals surface area (Å²) in [5.41, 5.74) is -0.735. The van der Waals surface area contributed by atoms with Crippen LogP contribution in [0.15, 0.2) is 12.3 Å². The average Bonchev–Trinajstić information content (AvgIpc) is 3.20. The van der Waals surface area contributed by atoms with E-state index in [2.05, 4.69) is 24.7 Å². The van der Waals surface area contributed by atoms with E-state index in [4.69, 9.17) is 0 Å². The highest BCUT2D eigenvalue weighted by atomic mass is 32.2. The smallest absolute Gasteiger partial charge is 0.433 e. The molecule has 3 heterocycles. The Hall–Kier alpha value is -2.96. The van der Waals surface area contributed by atoms with Crippen LogP contribution in [0, 0.1) is 0 Å². The largest absolute Gasteiger partial charge is 0.463 e. The molecule has 0 amide bonds. The van der Waals surface area contributed by atoms with E-state index in [0.717, 1.165) is 19.4 Å². The van der Waals surface area contributed by atoms with Crippen molar-refractivity contribution < 1.29 is 31.1 Å². The van der Waals surface area contributed by atoms with E-state index in [1.807, 2.05) is 0 Å². The molecule has 0 fully saturated rings. The zero-order valence-electron chi connectivity index (χ0n) is 15.5. The quantitative estimate of drug-likeness (QED) is 0.614. The third kappa shape index (κ3) is 3.95. The number of H-pyrrole nitrogens is 1. The van der Waals surface area contributed by atoms with Gasteiger partial charge in [0.25, 0.3) is 0 Å². The zero-order chi connectivity index (χ0) is 21.6. The summed E-state index contributed by atoms with van der Waals surface area (Å²) in [6, 6.07) is 0.787. The molecule has 9 nitrogen and oxygen atoms in total. The predicted molar refractivity (Wildman–Crippen MR) is 95.6 cm³/mol. The van der Waals surface area contributed by atoms with Gasteiger partial charge in [-0.25, -0.2) is 28.2 Å². The maximum absolute atomic E-state index is 12.9. The van der Waals surface area contributed by atoms with Crippen LogP contribution in [-0.2, 0) is 33.6 Å². The molecule has 3 aromatic rings. The number of esters is 1. The summed E-state index contributed by atoms with van der Waals surface area (Å²) in [5, 5.41) is 0. The summed E-state index contributed by atoms with van der Waals surface area (Å²) >= 11 is 0. The van der Waals surface area contributed by atoms with Crippen molar-refractivity contribution in [2.45, 2.75) is 18.9 Å². The molecular formula is C16H16F3N5O4S. The van der Waals surface area contributed by atoms with Gasteiger partial charge in [0.05, 0.1) is 35.8 Å². The second-order valence-electron chi connectivity index (χ2n) is 6.13. The number of aromatic nitrogens is 5. The molecule has 0 saturated carbocycles. The maximum Gasteiger partial charge on any atom is 0.433 e. The molecule has 0 spiro atoms. The molecule has 0 aliphatic rings. The summed E-state index contributed by atoms with van der Waals surface area (Å²) in [6.07, 6.45) is -3.62. The van der Waals surface area contributed by atoms with Crippen molar-refractivity contribution in [1.82, 2.24) is 24.5 Å². The lowest BCUT2D eigenvalue weighted by atomic mass is 10.3. The van der Waals surface area contributed by atoms with Crippen LogP contribution in [0.3, 0.4) is 0 Å². The second-order valence-corrected chi connectivity index (χ2v) is 8.48. The number of fused-ring (bicyclic) bond motifs is 1. The molecule has 3 rings (SSSR count). The normalized spacial score (nSPS) is 12.5. The number of hydrogen-bond acceptors (Lipinski definition) is 7. The number of rotatable bonds is 5. The summed E-state index contributed by atoms with van der Waals surface area (Å²) in [4.78, 5) is 26.1. The lowest BCUT2D eigenvalue weighted by Gasteiger charge is -2.05. The lowest BCUT2D eigenvalue weighted by Crippen LogP contribution is -2.09. The number of nitrogens with one attached hydrogen (secondary N) is 1. The van der Waals surface area contributed by atoms with Crippen molar-refractivity contribution in [3.05, 3.63) is 29.5 Å². The van der Waals surface area contributed by atoms with E-state index in [-0.39, 0.29) is 39.8 Å². The molecule has 0 atom stereocenters. The van der Waals surface area contributed by atoms with Gasteiger partial charge in [0.1, 0.15) is 11.4 Å². The molecule has 3 aromatic heterocycles. The van der Waals surface area contributed by atoms with Crippen LogP contribution in [0.25, 0.3) is 22.6 Å². The molecule has 1 N–H and O–H groups in total. The van der Waals surface area contributed by atoms with Gasteiger partial charge in [-0.3, -0.25) is 0 Å². The molecule has 29 heavy (non-hydrogen) atoms. The van der Waals surface area contributed by atoms with Crippen LogP contribution in [-0.4, -0.2) is 51.8 Å². The number of imidazole rings is 2. The number of halogens is 3. The number of carbonyl (C=O) groups is 1. The van der Waals surface area contributed by atoms with Crippen molar-refractivity contribution in [3.8, 4) is 11.5 Å². The fourth-order valence-electron chi connectivity index (χ4n) is 2.67. The van der Waals surface area contributed by atoms with Gasteiger partial charge < -0.3 is 14.3 Å². The molecule has 13 heteroatoms. The Kier molecular flexibility index (Phi) is 5.11. The predicted octanol–water partition coefficient (Wildman–Crippen LogP) is 2.10. The van der Waals surface area contributed by atoms with Gasteiger partial charge in [-0.15, -0.1) is 0 Å². The minimum absolute atomic E-state index is 0.00302. The molecule has 0 unspecified atom stereocenters. The number of aromatic amines is 1. The number of ether oxygens (including phenoxy) is 1. The minimum Gasteiger partial charge on any atom is -0.463 e. The third-order valence-electron chi connectivity index (χ3n) is 4.23. The number of alkyl halides is 3. The molecule has 0 aliphatic carbocycles. The molecule has 156 valence electrons. The van der Waals surface area contributed by atoms with Crippen molar-refractivity contribution in [2.24, 2.45) is 7.05 Å². The number of pyridine rings is 1. The number of carbonyl (C=O) groups excluding carboxylic acids is 1. The van der Waals surface area contributed by atoms with E-state index >= 15 is 0 Å². The first-order valence-corrected chi connectivity index (χ1v) is 10.1. The molecule has 0 saturated heterocycles.